The van der Waals surface area contributed by atoms with E-state index >= 15 is 0 Å². The number of halogens is 1. The molecule has 30 heavy (non-hydrogen) atoms. The molecule has 0 fully saturated rings. The van der Waals surface area contributed by atoms with Gasteiger partial charge >= 0.3 is 0 Å². The summed E-state index contributed by atoms with van der Waals surface area (Å²) < 4.78 is 41.3. The Morgan fingerprint density at radius 2 is 1.63 bits per heavy atom. The molecule has 0 aromatic heterocycles. The highest BCUT2D eigenvalue weighted by molar-refractivity contribution is 7.92. The van der Waals surface area contributed by atoms with Crippen LogP contribution in [0.4, 0.5) is 10.1 Å². The van der Waals surface area contributed by atoms with Gasteiger partial charge in [-0.3, -0.25) is 9.52 Å². The van der Waals surface area contributed by atoms with E-state index in [-0.39, 0.29) is 22.1 Å². The number of para-hydroxylation sites is 1. The molecule has 3 rings (SSSR count). The van der Waals surface area contributed by atoms with Gasteiger partial charge in [0.2, 0.25) is 0 Å². The van der Waals surface area contributed by atoms with Gasteiger partial charge in [-0.05, 0) is 47.9 Å². The first-order chi connectivity index (χ1) is 14.3. The number of hydrogen-bond acceptors (Lipinski definition) is 3. The fraction of sp³-hybridized carbons (Fsp3) is 0.174. The lowest BCUT2D eigenvalue weighted by molar-refractivity contribution is 0.0785. The standard InChI is InChI=1S/C23H23FN2O3S/c1-3-17-11-13-18(14-12-17)16-26(2)23(27)19-7-6-8-20(15-19)30(28,29)25-22-10-5-4-9-21(22)24/h4-15,25H,3,16H2,1-2H3. The van der Waals surface area contributed by atoms with Gasteiger partial charge in [-0.15, -0.1) is 0 Å². The molecule has 0 bridgehead atoms. The SMILES string of the molecule is CCc1ccc(CN(C)C(=O)c2cccc(S(=O)(=O)Nc3ccccc3F)c2)cc1. The largest absolute Gasteiger partial charge is 0.337 e. The maximum Gasteiger partial charge on any atom is 0.262 e. The Hall–Kier alpha value is -3.19. The minimum atomic E-state index is -4.04. The van der Waals surface area contributed by atoms with Crippen molar-refractivity contribution >= 4 is 21.6 Å². The molecule has 0 heterocycles. The summed E-state index contributed by atoms with van der Waals surface area (Å²) in [4.78, 5) is 14.2. The second-order valence-corrected chi connectivity index (χ2v) is 8.63. The zero-order valence-corrected chi connectivity index (χ0v) is 17.6. The van der Waals surface area contributed by atoms with Crippen LogP contribution >= 0.6 is 0 Å². The van der Waals surface area contributed by atoms with Gasteiger partial charge in [0.1, 0.15) is 5.82 Å². The van der Waals surface area contributed by atoms with Crippen LogP contribution in [0.2, 0.25) is 0 Å². The maximum absolute atomic E-state index is 13.8. The van der Waals surface area contributed by atoms with Gasteiger partial charge in [0.15, 0.2) is 0 Å². The zero-order chi connectivity index (χ0) is 21.7. The number of anilines is 1. The summed E-state index contributed by atoms with van der Waals surface area (Å²) in [5.74, 6) is -0.986. The molecule has 0 aliphatic carbocycles. The number of benzene rings is 3. The van der Waals surface area contributed by atoms with Crippen molar-refractivity contribution in [1.29, 1.82) is 0 Å². The minimum Gasteiger partial charge on any atom is -0.337 e. The van der Waals surface area contributed by atoms with E-state index in [1.807, 2.05) is 24.3 Å². The lowest BCUT2D eigenvalue weighted by atomic mass is 10.1. The Bertz CT molecular complexity index is 1150. The van der Waals surface area contributed by atoms with Crippen LogP contribution in [0.15, 0.2) is 77.7 Å². The third kappa shape index (κ3) is 5.04. The van der Waals surface area contributed by atoms with Crippen LogP contribution in [-0.2, 0) is 23.0 Å². The number of amides is 1. The second kappa shape index (κ2) is 9.09. The van der Waals surface area contributed by atoms with E-state index in [1.54, 1.807) is 13.1 Å². The van der Waals surface area contributed by atoms with Crippen molar-refractivity contribution in [3.05, 3.63) is 95.3 Å². The van der Waals surface area contributed by atoms with Crippen molar-refractivity contribution in [2.24, 2.45) is 0 Å². The topological polar surface area (TPSA) is 66.5 Å². The number of aryl methyl sites for hydroxylation is 1. The van der Waals surface area contributed by atoms with Gasteiger partial charge in [0.05, 0.1) is 10.6 Å². The van der Waals surface area contributed by atoms with Crippen molar-refractivity contribution in [3.8, 4) is 0 Å². The molecule has 0 radical (unpaired) electrons. The van der Waals surface area contributed by atoms with Gasteiger partial charge in [0.25, 0.3) is 15.9 Å². The van der Waals surface area contributed by atoms with Crippen LogP contribution in [-0.4, -0.2) is 26.3 Å². The Kier molecular flexibility index (Phi) is 6.52. The van der Waals surface area contributed by atoms with Gasteiger partial charge in [-0.2, -0.15) is 0 Å². The van der Waals surface area contributed by atoms with Crippen LogP contribution in [0.25, 0.3) is 0 Å². The Balaban J connectivity index is 1.77. The molecule has 3 aromatic carbocycles. The number of nitrogens with one attached hydrogen (secondary N) is 1. The molecule has 5 nitrogen and oxygen atoms in total. The van der Waals surface area contributed by atoms with Crippen molar-refractivity contribution < 1.29 is 17.6 Å². The van der Waals surface area contributed by atoms with Crippen LogP contribution in [0.5, 0.6) is 0 Å². The average molecular weight is 427 g/mol. The lowest BCUT2D eigenvalue weighted by Gasteiger charge is -2.18. The first-order valence-corrected chi connectivity index (χ1v) is 11.0. The van der Waals surface area contributed by atoms with Crippen molar-refractivity contribution in [1.82, 2.24) is 4.90 Å². The molecule has 0 saturated heterocycles. The highest BCUT2D eigenvalue weighted by Gasteiger charge is 2.19. The highest BCUT2D eigenvalue weighted by atomic mass is 32.2. The molecule has 0 aliphatic heterocycles. The van der Waals surface area contributed by atoms with Crippen molar-refractivity contribution in [3.63, 3.8) is 0 Å². The molecule has 0 unspecified atom stereocenters. The van der Waals surface area contributed by atoms with Gasteiger partial charge in [0, 0.05) is 19.2 Å². The van der Waals surface area contributed by atoms with Gasteiger partial charge < -0.3 is 4.90 Å². The Morgan fingerprint density at radius 1 is 0.967 bits per heavy atom. The molecule has 0 atom stereocenters. The first-order valence-electron chi connectivity index (χ1n) is 9.51. The Morgan fingerprint density at radius 3 is 2.30 bits per heavy atom. The first kappa shape index (κ1) is 21.5. The van der Waals surface area contributed by atoms with E-state index in [0.717, 1.165) is 12.0 Å². The summed E-state index contributed by atoms with van der Waals surface area (Å²) in [6.45, 7) is 2.47. The van der Waals surface area contributed by atoms with E-state index in [4.69, 9.17) is 0 Å². The maximum atomic E-state index is 13.8. The molecule has 0 aliphatic rings. The summed E-state index contributed by atoms with van der Waals surface area (Å²) in [5, 5.41) is 0. The van der Waals surface area contributed by atoms with E-state index in [9.17, 15) is 17.6 Å². The third-order valence-corrected chi connectivity index (χ3v) is 6.07. The van der Waals surface area contributed by atoms with E-state index < -0.39 is 15.8 Å². The molecule has 7 heteroatoms. The quantitative estimate of drug-likeness (QED) is 0.607. The number of hydrogen-bond donors (Lipinski definition) is 1. The van der Waals surface area contributed by atoms with Gasteiger partial charge in [-0.25, -0.2) is 12.8 Å². The van der Waals surface area contributed by atoms with E-state index in [2.05, 4.69) is 11.6 Å². The summed E-state index contributed by atoms with van der Waals surface area (Å²) >= 11 is 0. The normalized spacial score (nSPS) is 11.2. The van der Waals surface area contributed by atoms with Crippen LogP contribution in [0.1, 0.15) is 28.4 Å². The molecule has 1 amide bonds. The van der Waals surface area contributed by atoms with E-state index in [0.29, 0.717) is 6.54 Å². The number of rotatable bonds is 7. The summed E-state index contributed by atoms with van der Waals surface area (Å²) in [6.07, 6.45) is 0.942. The lowest BCUT2D eigenvalue weighted by Crippen LogP contribution is -2.26. The fourth-order valence-electron chi connectivity index (χ4n) is 2.99. The average Bonchev–Trinajstić information content (AvgIpc) is 2.75. The molecular formula is C23H23FN2O3S. The molecular weight excluding hydrogens is 403 g/mol. The minimum absolute atomic E-state index is 0.114. The summed E-state index contributed by atoms with van der Waals surface area (Å²) in [5.41, 5.74) is 2.28. The molecule has 156 valence electrons. The predicted octanol–water partition coefficient (Wildman–Crippen LogP) is 4.46. The monoisotopic (exact) mass is 426 g/mol. The smallest absolute Gasteiger partial charge is 0.262 e. The van der Waals surface area contributed by atoms with Crippen molar-refractivity contribution in [2.75, 3.05) is 11.8 Å². The van der Waals surface area contributed by atoms with Crippen LogP contribution in [0, 0.1) is 5.82 Å². The number of sulfonamides is 1. The second-order valence-electron chi connectivity index (χ2n) is 6.94. The third-order valence-electron chi connectivity index (χ3n) is 4.71. The molecule has 1 N–H and O–H groups in total. The summed E-state index contributed by atoms with van der Waals surface area (Å²) in [6, 6.07) is 19.2. The summed E-state index contributed by atoms with van der Waals surface area (Å²) in [7, 11) is -2.38. The number of carbonyl (C=O) groups excluding carboxylic acids is 1. The molecule has 0 saturated carbocycles. The highest BCUT2D eigenvalue weighted by Crippen LogP contribution is 2.20. The number of nitrogens with zero attached hydrogens (tertiary/aromatic N) is 1. The van der Waals surface area contributed by atoms with Crippen LogP contribution < -0.4 is 4.72 Å². The van der Waals surface area contributed by atoms with Crippen molar-refractivity contribution in [2.45, 2.75) is 24.8 Å². The Labute approximate surface area is 176 Å². The van der Waals surface area contributed by atoms with Crippen LogP contribution in [0.3, 0.4) is 0 Å². The zero-order valence-electron chi connectivity index (χ0n) is 16.8. The van der Waals surface area contributed by atoms with E-state index in [1.165, 1.54) is 52.9 Å². The molecule has 0 spiro atoms. The predicted molar refractivity (Wildman–Crippen MR) is 115 cm³/mol. The molecule has 3 aromatic rings. The fourth-order valence-corrected chi connectivity index (χ4v) is 4.10. The number of carbonyl (C=O) groups is 1. The van der Waals surface area contributed by atoms with Gasteiger partial charge in [-0.1, -0.05) is 49.4 Å².